The largest absolute Gasteiger partial charge is 0.489 e. The lowest BCUT2D eigenvalue weighted by Crippen LogP contribution is -2.36. The van der Waals surface area contributed by atoms with Crippen molar-refractivity contribution in [3.05, 3.63) is 132 Å². The van der Waals surface area contributed by atoms with E-state index in [1.54, 1.807) is 17.0 Å². The SMILES string of the molecule is O=C(CN1C(=O)c2ccccc2[C@@H]1c1c[nH]c2ccccc12)Nc1ccc(OCc2ccccc2)cc1. The van der Waals surface area contributed by atoms with E-state index in [-0.39, 0.29) is 24.4 Å². The van der Waals surface area contributed by atoms with Crippen LogP contribution in [0.15, 0.2) is 109 Å². The van der Waals surface area contributed by atoms with Crippen molar-refractivity contribution in [3.63, 3.8) is 0 Å². The molecule has 2 heterocycles. The summed E-state index contributed by atoms with van der Waals surface area (Å²) in [4.78, 5) is 31.4. The minimum Gasteiger partial charge on any atom is -0.489 e. The van der Waals surface area contributed by atoms with Crippen LogP contribution >= 0.6 is 0 Å². The summed E-state index contributed by atoms with van der Waals surface area (Å²) in [5, 5.41) is 3.96. The number of anilines is 1. The van der Waals surface area contributed by atoms with E-state index in [0.29, 0.717) is 23.6 Å². The standard InChI is InChI=1S/C31H25N3O3/c35-29(33-22-14-16-23(17-15-22)37-20-21-8-2-1-3-9-21)19-34-30(25-11-4-5-12-26(25)31(34)36)27-18-32-28-13-7-6-10-24(27)28/h1-18,30,32H,19-20H2,(H,33,35)/t30-/m1/s1. The first-order valence-corrected chi connectivity index (χ1v) is 12.2. The number of carbonyl (C=O) groups excluding carboxylic acids is 2. The van der Waals surface area contributed by atoms with Crippen molar-refractivity contribution < 1.29 is 14.3 Å². The van der Waals surface area contributed by atoms with Crippen molar-refractivity contribution >= 4 is 28.4 Å². The molecule has 2 N–H and O–H groups in total. The Hall–Kier alpha value is -4.84. The Morgan fingerprint density at radius 3 is 2.41 bits per heavy atom. The maximum Gasteiger partial charge on any atom is 0.255 e. The summed E-state index contributed by atoms with van der Waals surface area (Å²) in [5.74, 6) is 0.307. The molecule has 6 heteroatoms. The number of carbonyl (C=O) groups is 2. The second-order valence-electron chi connectivity index (χ2n) is 9.06. The van der Waals surface area contributed by atoms with Crippen LogP contribution in [0.25, 0.3) is 10.9 Å². The molecule has 1 atom stereocenters. The molecule has 4 aromatic carbocycles. The minimum absolute atomic E-state index is 0.0655. The predicted octanol–water partition coefficient (Wildman–Crippen LogP) is 5.93. The molecule has 0 saturated heterocycles. The average Bonchev–Trinajstić information content (AvgIpc) is 3.47. The highest BCUT2D eigenvalue weighted by Crippen LogP contribution is 2.40. The molecule has 1 aromatic heterocycles. The molecule has 0 saturated carbocycles. The van der Waals surface area contributed by atoms with Gasteiger partial charge in [0.05, 0.1) is 6.04 Å². The van der Waals surface area contributed by atoms with Crippen molar-refractivity contribution in [1.29, 1.82) is 0 Å². The van der Waals surface area contributed by atoms with Gasteiger partial charge in [0.2, 0.25) is 5.91 Å². The Kier molecular flexibility index (Phi) is 5.91. The van der Waals surface area contributed by atoms with Crippen LogP contribution < -0.4 is 10.1 Å². The molecular weight excluding hydrogens is 462 g/mol. The molecule has 0 fully saturated rings. The number of H-pyrrole nitrogens is 1. The topological polar surface area (TPSA) is 74.4 Å². The second-order valence-corrected chi connectivity index (χ2v) is 9.06. The number of hydrogen-bond donors (Lipinski definition) is 2. The van der Waals surface area contributed by atoms with Crippen molar-refractivity contribution in [2.45, 2.75) is 12.6 Å². The second kappa shape index (κ2) is 9.66. The Bertz CT molecular complexity index is 1570. The van der Waals surface area contributed by atoms with Gasteiger partial charge in [0.15, 0.2) is 0 Å². The van der Waals surface area contributed by atoms with E-state index in [2.05, 4.69) is 10.3 Å². The number of nitrogens with one attached hydrogen (secondary N) is 2. The quantitative estimate of drug-likeness (QED) is 0.299. The van der Waals surface area contributed by atoms with Crippen LogP contribution in [0.1, 0.15) is 33.1 Å². The maximum absolute atomic E-state index is 13.4. The summed E-state index contributed by atoms with van der Waals surface area (Å²) in [7, 11) is 0. The summed E-state index contributed by atoms with van der Waals surface area (Å²) >= 11 is 0. The number of benzene rings is 4. The molecule has 0 spiro atoms. The van der Waals surface area contributed by atoms with E-state index < -0.39 is 0 Å². The predicted molar refractivity (Wildman–Crippen MR) is 143 cm³/mol. The van der Waals surface area contributed by atoms with Gasteiger partial charge in [-0.1, -0.05) is 66.7 Å². The smallest absolute Gasteiger partial charge is 0.255 e. The maximum atomic E-state index is 13.4. The normalized spacial score (nSPS) is 14.5. The molecule has 182 valence electrons. The van der Waals surface area contributed by atoms with Gasteiger partial charge >= 0.3 is 0 Å². The van der Waals surface area contributed by atoms with Crippen molar-refractivity contribution in [1.82, 2.24) is 9.88 Å². The lowest BCUT2D eigenvalue weighted by Gasteiger charge is -2.25. The van der Waals surface area contributed by atoms with Crippen molar-refractivity contribution in [2.24, 2.45) is 0 Å². The van der Waals surface area contributed by atoms with Gasteiger partial charge < -0.3 is 19.9 Å². The summed E-state index contributed by atoms with van der Waals surface area (Å²) in [5.41, 5.74) is 5.23. The summed E-state index contributed by atoms with van der Waals surface area (Å²) in [6.07, 6.45) is 1.93. The first-order chi connectivity index (χ1) is 18.2. The average molecular weight is 488 g/mol. The zero-order valence-corrected chi connectivity index (χ0v) is 20.1. The molecule has 0 radical (unpaired) electrons. The molecule has 1 aliphatic rings. The highest BCUT2D eigenvalue weighted by Gasteiger charge is 2.39. The molecule has 37 heavy (non-hydrogen) atoms. The Labute approximate surface area is 214 Å². The van der Waals surface area contributed by atoms with Gasteiger partial charge in [-0.3, -0.25) is 9.59 Å². The molecule has 0 unspecified atom stereocenters. The number of rotatable bonds is 7. The minimum atomic E-state index is -0.348. The first-order valence-electron chi connectivity index (χ1n) is 12.2. The van der Waals surface area contributed by atoms with Crippen LogP contribution in [0.3, 0.4) is 0 Å². The Morgan fingerprint density at radius 1 is 0.838 bits per heavy atom. The number of aromatic nitrogens is 1. The molecule has 5 aromatic rings. The lowest BCUT2D eigenvalue weighted by molar-refractivity contribution is -0.117. The van der Waals surface area contributed by atoms with Crippen LogP contribution in [0.4, 0.5) is 5.69 Å². The molecule has 0 bridgehead atoms. The number of amides is 2. The van der Waals surface area contributed by atoms with Crippen LogP contribution in [0.2, 0.25) is 0 Å². The van der Waals surface area contributed by atoms with Gasteiger partial charge in [-0.25, -0.2) is 0 Å². The van der Waals surface area contributed by atoms with E-state index in [4.69, 9.17) is 4.74 Å². The number of aromatic amines is 1. The number of ether oxygens (including phenoxy) is 1. The fourth-order valence-electron chi connectivity index (χ4n) is 4.92. The lowest BCUT2D eigenvalue weighted by atomic mass is 9.97. The third-order valence-electron chi connectivity index (χ3n) is 6.67. The summed E-state index contributed by atoms with van der Waals surface area (Å²) in [6.45, 7) is 0.406. The van der Waals surface area contributed by atoms with E-state index >= 15 is 0 Å². The van der Waals surface area contributed by atoms with E-state index in [9.17, 15) is 9.59 Å². The number of nitrogens with zero attached hydrogens (tertiary/aromatic N) is 1. The number of fused-ring (bicyclic) bond motifs is 2. The molecule has 0 aliphatic carbocycles. The molecular formula is C31H25N3O3. The van der Waals surface area contributed by atoms with E-state index in [0.717, 1.165) is 27.6 Å². The van der Waals surface area contributed by atoms with Gasteiger partial charge in [0.1, 0.15) is 18.9 Å². The Balaban J connectivity index is 1.18. The van der Waals surface area contributed by atoms with Gasteiger partial charge in [-0.05, 0) is 47.5 Å². The zero-order valence-electron chi connectivity index (χ0n) is 20.1. The highest BCUT2D eigenvalue weighted by molar-refractivity contribution is 6.04. The fourth-order valence-corrected chi connectivity index (χ4v) is 4.92. The fraction of sp³-hybridized carbons (Fsp3) is 0.0968. The molecule has 2 amide bonds. The van der Waals surface area contributed by atoms with Crippen LogP contribution in [-0.4, -0.2) is 28.2 Å². The van der Waals surface area contributed by atoms with Crippen molar-refractivity contribution in [3.8, 4) is 5.75 Å². The van der Waals surface area contributed by atoms with Crippen LogP contribution in [0.5, 0.6) is 5.75 Å². The van der Waals surface area contributed by atoms with Gasteiger partial charge in [0.25, 0.3) is 5.91 Å². The van der Waals surface area contributed by atoms with E-state index in [1.807, 2.05) is 97.2 Å². The third-order valence-corrected chi connectivity index (χ3v) is 6.67. The molecule has 6 nitrogen and oxygen atoms in total. The number of para-hydroxylation sites is 1. The van der Waals surface area contributed by atoms with Crippen LogP contribution in [-0.2, 0) is 11.4 Å². The number of hydrogen-bond acceptors (Lipinski definition) is 3. The summed E-state index contributed by atoms with van der Waals surface area (Å²) < 4.78 is 5.83. The molecule has 6 rings (SSSR count). The molecule has 1 aliphatic heterocycles. The highest BCUT2D eigenvalue weighted by atomic mass is 16.5. The van der Waals surface area contributed by atoms with Gasteiger partial charge in [0, 0.05) is 33.9 Å². The summed E-state index contributed by atoms with van der Waals surface area (Å²) in [6, 6.07) is 32.4. The Morgan fingerprint density at radius 2 is 1.57 bits per heavy atom. The van der Waals surface area contributed by atoms with E-state index in [1.165, 1.54) is 0 Å². The van der Waals surface area contributed by atoms with Crippen molar-refractivity contribution in [2.75, 3.05) is 11.9 Å². The third kappa shape index (κ3) is 4.45. The van der Waals surface area contributed by atoms with Crippen LogP contribution in [0, 0.1) is 0 Å². The monoisotopic (exact) mass is 487 g/mol. The zero-order chi connectivity index (χ0) is 25.2. The van der Waals surface area contributed by atoms with Gasteiger partial charge in [-0.15, -0.1) is 0 Å². The van der Waals surface area contributed by atoms with Gasteiger partial charge in [-0.2, -0.15) is 0 Å². The first kappa shape index (κ1) is 22.6.